The van der Waals surface area contributed by atoms with E-state index in [9.17, 15) is 89.4 Å². The first-order valence-electron chi connectivity index (χ1n) is 37.6. The van der Waals surface area contributed by atoms with Crippen molar-refractivity contribution in [1.29, 1.82) is 0 Å². The lowest BCUT2D eigenvalue weighted by Crippen LogP contribution is -2.47. The van der Waals surface area contributed by atoms with E-state index in [0.717, 1.165) is 12.5 Å². The first-order valence-corrected chi connectivity index (χ1v) is 37.6. The van der Waals surface area contributed by atoms with Crippen LogP contribution in [0.15, 0.2) is 17.4 Å². The Hall–Kier alpha value is -9.15. The summed E-state index contributed by atoms with van der Waals surface area (Å²) in [5, 5.41) is 127. The number of aliphatic hydroxyl groups is 4. The molecule has 0 radical (unpaired) electrons. The number of rotatable bonds is 11. The fraction of sp³-hybridized carbons (Fsp3) is 0.608. The maximum atomic E-state index is 14.9. The van der Waals surface area contributed by atoms with Crippen molar-refractivity contribution in [3.8, 4) is 46.0 Å². The first-order chi connectivity index (χ1) is 52.0. The SMILES string of the molecule is COC1C=COC2(C)Oc3c(C)c(O)c4c(O)c(c(C=NNC(=O)CC(=O)NNCc5c6c(O)c7c(O)c(C)c8c(c7c5O)C(=O)C(C)(OCCC(OC)C(C)C(OC(C)=O)C(C)C(O)C(C)C(O)C(C)CCCC(C)C(=O)N6)O8)c(O)c4c3C2=O)NC(=O)C(C)CCCC(C)C(O)C(C)C(O)C(C)C(OC(C)=O)C1C. The minimum atomic E-state index is -2.26. The van der Waals surface area contributed by atoms with Crippen LogP contribution in [0.25, 0.3) is 21.5 Å². The number of phenolic OH excluding ortho intramolecular Hbond substituents is 6. The van der Waals surface area contributed by atoms with Gasteiger partial charge in [-0.1, -0.05) is 82.1 Å². The fourth-order valence-corrected chi connectivity index (χ4v) is 15.9. The molecule has 4 aromatic carbocycles. The van der Waals surface area contributed by atoms with Gasteiger partial charge < -0.3 is 99.6 Å². The number of ketones is 2. The van der Waals surface area contributed by atoms with Gasteiger partial charge in [-0.05, 0) is 63.9 Å². The van der Waals surface area contributed by atoms with Crippen LogP contribution < -0.4 is 36.4 Å². The van der Waals surface area contributed by atoms with Gasteiger partial charge in [0.25, 0.3) is 11.6 Å². The molecule has 6 heterocycles. The predicted molar refractivity (Wildman–Crippen MR) is 404 cm³/mol. The van der Waals surface area contributed by atoms with Gasteiger partial charge in [0.05, 0.1) is 94.5 Å². The second kappa shape index (κ2) is 35.7. The van der Waals surface area contributed by atoms with Crippen LogP contribution in [-0.4, -0.2) is 186 Å². The lowest BCUT2D eigenvalue weighted by atomic mass is 9.77. The highest BCUT2D eigenvalue weighted by molar-refractivity contribution is 6.24. The highest BCUT2D eigenvalue weighted by atomic mass is 16.7. The van der Waals surface area contributed by atoms with E-state index in [0.29, 0.717) is 25.7 Å². The van der Waals surface area contributed by atoms with Crippen molar-refractivity contribution in [2.24, 2.45) is 64.3 Å². The lowest BCUT2D eigenvalue weighted by Gasteiger charge is -2.39. The fourth-order valence-electron chi connectivity index (χ4n) is 15.9. The minimum absolute atomic E-state index is 0.0588. The van der Waals surface area contributed by atoms with Crippen molar-refractivity contribution in [1.82, 2.24) is 16.3 Å². The maximum absolute atomic E-state index is 14.9. The van der Waals surface area contributed by atoms with E-state index >= 15 is 0 Å². The molecule has 4 amide bonds. The van der Waals surface area contributed by atoms with Gasteiger partial charge in [0.1, 0.15) is 53.1 Å². The molecule has 0 saturated heterocycles. The van der Waals surface area contributed by atoms with Crippen molar-refractivity contribution in [3.63, 3.8) is 0 Å². The lowest BCUT2D eigenvalue weighted by molar-refractivity contribution is -0.165. The molecule has 0 saturated carbocycles. The van der Waals surface area contributed by atoms with Crippen LogP contribution in [0.5, 0.6) is 46.0 Å². The third-order valence-electron chi connectivity index (χ3n) is 23.0. The molecule has 0 fully saturated rings. The predicted octanol–water partition coefficient (Wildman–Crippen LogP) is 7.97. The number of benzene rings is 4. The van der Waals surface area contributed by atoms with Crippen molar-refractivity contribution in [2.75, 3.05) is 31.5 Å². The summed E-state index contributed by atoms with van der Waals surface area (Å²) in [5.41, 5.74) is 4.16. The molecule has 0 spiro atoms. The molecule has 6 aliphatic rings. The van der Waals surface area contributed by atoms with Gasteiger partial charge in [0.2, 0.25) is 29.4 Å². The second-order valence-corrected chi connectivity index (χ2v) is 30.9. The Bertz CT molecular complexity index is 4280. The number of Topliss-reactive ketones (excluding diaryl/α,β-unsaturated/α-hetero) is 2. The number of anilines is 2. The highest BCUT2D eigenvalue weighted by Crippen LogP contribution is 2.57. The Labute approximate surface area is 643 Å². The van der Waals surface area contributed by atoms with Gasteiger partial charge in [-0.25, -0.2) is 10.9 Å². The molecule has 0 aliphatic carbocycles. The monoisotopic (exact) mass is 1560 g/mol. The Morgan fingerprint density at radius 1 is 0.568 bits per heavy atom. The van der Waals surface area contributed by atoms with Gasteiger partial charge in [0.15, 0.2) is 11.5 Å². The number of hydrazone groups is 1. The normalized spacial score (nSPS) is 31.1. The smallest absolute Gasteiger partial charge is 0.312 e. The zero-order chi connectivity index (χ0) is 82.6. The van der Waals surface area contributed by atoms with Gasteiger partial charge in [0, 0.05) is 123 Å². The molecule has 15 N–H and O–H groups in total. The van der Waals surface area contributed by atoms with Crippen LogP contribution in [0.4, 0.5) is 11.4 Å². The number of nitrogens with one attached hydrogen (secondary N) is 5. The topological polar surface area (TPSA) is 485 Å². The van der Waals surface area contributed by atoms with E-state index < -0.39 is 258 Å². The number of carbonyl (C=O) groups is 8. The van der Waals surface area contributed by atoms with Gasteiger partial charge in [-0.3, -0.25) is 43.8 Å². The van der Waals surface area contributed by atoms with Crippen molar-refractivity contribution >= 4 is 86.3 Å². The molecule has 111 heavy (non-hydrogen) atoms. The van der Waals surface area contributed by atoms with Crippen LogP contribution in [0, 0.1) is 73.0 Å². The van der Waals surface area contributed by atoms with E-state index in [1.165, 1.54) is 61.8 Å². The summed E-state index contributed by atoms with van der Waals surface area (Å²) in [6, 6.07) is 0. The molecular weight excluding hydrogens is 1450 g/mol. The summed E-state index contributed by atoms with van der Waals surface area (Å²) in [4.78, 5) is 111. The van der Waals surface area contributed by atoms with Gasteiger partial charge >= 0.3 is 17.7 Å². The van der Waals surface area contributed by atoms with Crippen LogP contribution in [0.3, 0.4) is 0 Å². The maximum Gasteiger partial charge on any atom is 0.312 e. The molecule has 10 bridgehead atoms. The minimum Gasteiger partial charge on any atom is -0.507 e. The summed E-state index contributed by atoms with van der Waals surface area (Å²) in [6.07, 6.45) is -3.91. The number of ether oxygens (including phenoxy) is 8. The number of esters is 2. The molecule has 32 nitrogen and oxygen atoms in total. The summed E-state index contributed by atoms with van der Waals surface area (Å²) in [7, 11) is 2.81. The number of methoxy groups -OCH3 is 2. The number of hydrogen-bond donors (Lipinski definition) is 15. The van der Waals surface area contributed by atoms with Crippen LogP contribution in [0.2, 0.25) is 0 Å². The molecule has 6 aliphatic heterocycles. The molecule has 10 rings (SSSR count). The molecule has 0 aromatic heterocycles. The first kappa shape index (κ1) is 87.4. The van der Waals surface area contributed by atoms with Crippen molar-refractivity contribution in [3.05, 3.63) is 45.7 Å². The molecular formula is C79H110N6O26. The second-order valence-electron chi connectivity index (χ2n) is 30.9. The number of nitrogens with zero attached hydrogens (tertiary/aromatic N) is 1. The van der Waals surface area contributed by atoms with E-state index in [1.54, 1.807) is 69.2 Å². The number of hydrogen-bond acceptors (Lipinski definition) is 28. The van der Waals surface area contributed by atoms with E-state index in [1.807, 2.05) is 0 Å². The molecule has 612 valence electrons. The molecule has 4 aromatic rings. The van der Waals surface area contributed by atoms with Gasteiger partial charge in [-0.15, -0.1) is 0 Å². The summed E-state index contributed by atoms with van der Waals surface area (Å²) in [6.45, 7) is 23.7. The number of amides is 4. The van der Waals surface area contributed by atoms with E-state index in [2.05, 4.69) is 32.0 Å². The van der Waals surface area contributed by atoms with Crippen LogP contribution >= 0.6 is 0 Å². The van der Waals surface area contributed by atoms with E-state index in [4.69, 9.17) is 37.9 Å². The van der Waals surface area contributed by atoms with Crippen LogP contribution in [0.1, 0.15) is 191 Å². The number of aliphatic hydroxyl groups excluding tert-OH is 4. The molecule has 32 heteroatoms. The number of fused-ring (bicyclic) bond motifs is 33. The summed E-state index contributed by atoms with van der Waals surface area (Å²) < 4.78 is 47.9. The average Bonchev–Trinajstić information content (AvgIpc) is 1.62. The third kappa shape index (κ3) is 17.9. The van der Waals surface area contributed by atoms with Gasteiger partial charge in [-0.2, -0.15) is 5.10 Å². The summed E-state index contributed by atoms with van der Waals surface area (Å²) in [5.74, 6) is -23.2. The Kier molecular flexibility index (Phi) is 28.1. The number of hydrazine groups is 1. The summed E-state index contributed by atoms with van der Waals surface area (Å²) >= 11 is 0. The largest absolute Gasteiger partial charge is 0.507 e. The van der Waals surface area contributed by atoms with Crippen LogP contribution in [-0.2, 0) is 63.7 Å². The Morgan fingerprint density at radius 3 is 1.53 bits per heavy atom. The number of aromatic hydroxyl groups is 6. The Balaban J connectivity index is 1.10. The number of carbonyl (C=O) groups excluding carboxylic acids is 8. The standard InChI is InChI=1S/C79H110N6O26/c1-32-21-19-23-34(3)76(102)82-58-46(66(96)52-54(68(58)98)64(94)42(11)72-56(52)74(100)78(15,110-72)106-27-25-48(104-17)36(5)70(108-44(13)86)40(9)62(92)38(7)60(32)90)30-80-84-50(88)29-51(89)85-81-31-47-59-69(99)55-53(67(47)97)57-73(43(12)65(55)95)111-79(16,75(57)101)107-28-26-49(105-18)37(6)71(109-45(14)87)41(10)63(93)39(8)61(91)33(2)22-20-24-35(4)77(103)83-59/h25,27,30,32-41,48-49,60-63,70-71,81,90-99H,19-24,26,28-29,31H2,1-18H3,(H,82,102)(H,83,103)(H,84,88)(H,85,89). The molecule has 20 unspecified atom stereocenters. The highest BCUT2D eigenvalue weighted by Gasteiger charge is 2.52. The quantitative estimate of drug-likeness (QED) is 0.0169. The Morgan fingerprint density at radius 2 is 1.04 bits per heavy atom. The van der Waals surface area contributed by atoms with E-state index in [-0.39, 0.29) is 59.6 Å². The van der Waals surface area contributed by atoms with Crippen molar-refractivity contribution in [2.45, 2.75) is 229 Å². The third-order valence-corrected chi connectivity index (χ3v) is 23.0. The molecule has 20 atom stereocenters. The number of phenols is 6. The zero-order valence-electron chi connectivity index (χ0n) is 66.1. The zero-order valence-corrected chi connectivity index (χ0v) is 66.1. The average molecular weight is 1560 g/mol. The van der Waals surface area contributed by atoms with Crippen molar-refractivity contribution < 1.29 is 127 Å².